The van der Waals surface area contributed by atoms with Crippen LogP contribution < -0.4 is 11.1 Å². The van der Waals surface area contributed by atoms with Gasteiger partial charge in [-0.2, -0.15) is 0 Å². The van der Waals surface area contributed by atoms with Crippen LogP contribution in [0.4, 0.5) is 5.69 Å². The Kier molecular flexibility index (Phi) is 2.19. The third-order valence-electron chi connectivity index (χ3n) is 2.62. The third kappa shape index (κ3) is 2.04. The molecule has 0 aliphatic heterocycles. The summed E-state index contributed by atoms with van der Waals surface area (Å²) in [5.74, 6) is 0. The molecule has 0 radical (unpaired) electrons. The molecule has 0 heterocycles. The monoisotopic (exact) mass is 206 g/mol. The fourth-order valence-electron chi connectivity index (χ4n) is 1.38. The Hall–Kier alpha value is -1.09. The number of hydrogen-bond acceptors (Lipinski definition) is 2. The van der Waals surface area contributed by atoms with E-state index >= 15 is 0 Å². The zero-order valence-corrected chi connectivity index (χ0v) is 9.03. The number of benzene rings is 1. The molecule has 0 bridgehead atoms. The minimum absolute atomic E-state index is 0.324. The lowest BCUT2D eigenvalue weighted by molar-refractivity contribution is 0.829. The molecule has 0 aromatic heterocycles. The summed E-state index contributed by atoms with van der Waals surface area (Å²) in [5, 5.41) is 3.47. The van der Waals surface area contributed by atoms with Crippen LogP contribution in [0.5, 0.6) is 0 Å². The van der Waals surface area contributed by atoms with Gasteiger partial charge in [0.2, 0.25) is 0 Å². The molecular weight excluding hydrogens is 192 g/mol. The molecule has 1 aromatic rings. The summed E-state index contributed by atoms with van der Waals surface area (Å²) >= 11 is 4.88. The number of anilines is 1. The Bertz CT molecular complexity index is 352. The summed E-state index contributed by atoms with van der Waals surface area (Å²) in [7, 11) is 0. The number of rotatable bonds is 3. The Morgan fingerprint density at radius 1 is 1.36 bits per heavy atom. The highest BCUT2D eigenvalue weighted by molar-refractivity contribution is 7.80. The predicted molar refractivity (Wildman–Crippen MR) is 63.6 cm³/mol. The molecule has 0 atom stereocenters. The van der Waals surface area contributed by atoms with Gasteiger partial charge in [-0.15, -0.1) is 0 Å². The molecule has 1 aromatic carbocycles. The second-order valence-electron chi connectivity index (χ2n) is 4.13. The second kappa shape index (κ2) is 3.24. The maximum Gasteiger partial charge on any atom is 0.103 e. The van der Waals surface area contributed by atoms with Crippen LogP contribution >= 0.6 is 12.2 Å². The van der Waals surface area contributed by atoms with Gasteiger partial charge < -0.3 is 11.1 Å². The molecule has 3 N–H and O–H groups in total. The summed E-state index contributed by atoms with van der Waals surface area (Å²) in [6, 6.07) is 7.96. The van der Waals surface area contributed by atoms with Gasteiger partial charge in [0.25, 0.3) is 0 Å². The first-order valence-electron chi connectivity index (χ1n) is 4.77. The molecule has 1 aliphatic rings. The molecule has 1 fully saturated rings. The lowest BCUT2D eigenvalue weighted by Gasteiger charge is -2.13. The highest BCUT2D eigenvalue weighted by atomic mass is 32.1. The van der Waals surface area contributed by atoms with Gasteiger partial charge in [0.1, 0.15) is 4.99 Å². The van der Waals surface area contributed by atoms with Crippen molar-refractivity contribution >= 4 is 22.9 Å². The molecule has 2 nitrogen and oxygen atoms in total. The van der Waals surface area contributed by atoms with Crippen molar-refractivity contribution in [2.75, 3.05) is 5.32 Å². The summed E-state index contributed by atoms with van der Waals surface area (Å²) < 4.78 is 0. The fraction of sp³-hybridized carbons (Fsp3) is 0.364. The van der Waals surface area contributed by atoms with Gasteiger partial charge in [-0.25, -0.2) is 0 Å². The van der Waals surface area contributed by atoms with E-state index < -0.39 is 0 Å². The van der Waals surface area contributed by atoms with Crippen LogP contribution in [-0.2, 0) is 0 Å². The number of thiocarbonyl (C=S) groups is 1. The van der Waals surface area contributed by atoms with Gasteiger partial charge in [0.05, 0.1) is 0 Å². The predicted octanol–water partition coefficient (Wildman–Crippen LogP) is 2.29. The molecule has 1 aliphatic carbocycles. The molecule has 0 amide bonds. The first kappa shape index (κ1) is 9.46. The normalized spacial score (nSPS) is 17.5. The van der Waals surface area contributed by atoms with E-state index in [1.807, 2.05) is 24.3 Å². The Morgan fingerprint density at radius 3 is 2.36 bits per heavy atom. The van der Waals surface area contributed by atoms with Crippen molar-refractivity contribution in [2.24, 2.45) is 5.73 Å². The molecule has 3 heteroatoms. The minimum Gasteiger partial charge on any atom is -0.389 e. The molecule has 1 saturated carbocycles. The van der Waals surface area contributed by atoms with E-state index in [1.165, 1.54) is 12.8 Å². The van der Waals surface area contributed by atoms with Gasteiger partial charge in [-0.1, -0.05) is 12.2 Å². The smallest absolute Gasteiger partial charge is 0.103 e. The molecule has 74 valence electrons. The first-order chi connectivity index (χ1) is 6.59. The summed E-state index contributed by atoms with van der Waals surface area (Å²) in [5.41, 5.74) is 7.90. The maximum absolute atomic E-state index is 5.51. The summed E-state index contributed by atoms with van der Waals surface area (Å²) in [6.07, 6.45) is 2.51. The quantitative estimate of drug-likeness (QED) is 0.745. The Morgan fingerprint density at radius 2 is 1.93 bits per heavy atom. The molecule has 14 heavy (non-hydrogen) atoms. The largest absolute Gasteiger partial charge is 0.389 e. The highest BCUT2D eigenvalue weighted by Gasteiger charge is 2.36. The van der Waals surface area contributed by atoms with E-state index in [9.17, 15) is 0 Å². The number of nitrogens with two attached hydrogens (primary N) is 1. The summed E-state index contributed by atoms with van der Waals surface area (Å²) in [6.45, 7) is 2.23. The maximum atomic E-state index is 5.51. The van der Waals surface area contributed by atoms with Crippen LogP contribution in [0.15, 0.2) is 24.3 Å². The molecule has 2 rings (SSSR count). The van der Waals surface area contributed by atoms with Crippen molar-refractivity contribution in [1.82, 2.24) is 0 Å². The van der Waals surface area contributed by atoms with Gasteiger partial charge in [-0.3, -0.25) is 0 Å². The molecule has 0 saturated heterocycles. The van der Waals surface area contributed by atoms with E-state index in [1.54, 1.807) is 0 Å². The zero-order chi connectivity index (χ0) is 10.2. The van der Waals surface area contributed by atoms with Crippen molar-refractivity contribution in [3.05, 3.63) is 29.8 Å². The van der Waals surface area contributed by atoms with Crippen LogP contribution in [-0.4, -0.2) is 10.5 Å². The second-order valence-corrected chi connectivity index (χ2v) is 4.57. The van der Waals surface area contributed by atoms with Crippen LogP contribution in [0.1, 0.15) is 25.3 Å². The molecular formula is C11H14N2S. The average molecular weight is 206 g/mol. The zero-order valence-electron chi connectivity index (χ0n) is 8.21. The van der Waals surface area contributed by atoms with Gasteiger partial charge in [-0.05, 0) is 44.0 Å². The third-order valence-corrected chi connectivity index (χ3v) is 2.85. The van der Waals surface area contributed by atoms with Gasteiger partial charge in [0, 0.05) is 16.8 Å². The van der Waals surface area contributed by atoms with E-state index in [0.717, 1.165) is 11.3 Å². The lowest BCUT2D eigenvalue weighted by Crippen LogP contribution is -2.16. The van der Waals surface area contributed by atoms with Crippen LogP contribution in [0.3, 0.4) is 0 Å². The van der Waals surface area contributed by atoms with E-state index in [-0.39, 0.29) is 0 Å². The Balaban J connectivity index is 2.10. The van der Waals surface area contributed by atoms with Crippen molar-refractivity contribution in [1.29, 1.82) is 0 Å². The Labute approximate surface area is 89.5 Å². The molecule has 0 spiro atoms. The molecule has 0 unspecified atom stereocenters. The van der Waals surface area contributed by atoms with Crippen molar-refractivity contribution < 1.29 is 0 Å². The van der Waals surface area contributed by atoms with Gasteiger partial charge >= 0.3 is 0 Å². The fourth-order valence-corrected chi connectivity index (χ4v) is 1.51. The van der Waals surface area contributed by atoms with Crippen molar-refractivity contribution in [3.63, 3.8) is 0 Å². The lowest BCUT2D eigenvalue weighted by atomic mass is 10.2. The number of hydrogen-bond donors (Lipinski definition) is 2. The van der Waals surface area contributed by atoms with E-state index in [4.69, 9.17) is 18.0 Å². The highest BCUT2D eigenvalue weighted by Crippen LogP contribution is 2.37. The SMILES string of the molecule is CC1(Nc2ccc(C(N)=S)cc2)CC1. The van der Waals surface area contributed by atoms with Crippen molar-refractivity contribution in [2.45, 2.75) is 25.3 Å². The van der Waals surface area contributed by atoms with E-state index in [0.29, 0.717) is 10.5 Å². The van der Waals surface area contributed by atoms with E-state index in [2.05, 4.69) is 12.2 Å². The van der Waals surface area contributed by atoms with Gasteiger partial charge in [0.15, 0.2) is 0 Å². The van der Waals surface area contributed by atoms with Crippen molar-refractivity contribution in [3.8, 4) is 0 Å². The topological polar surface area (TPSA) is 38.0 Å². The minimum atomic E-state index is 0.324. The standard InChI is InChI=1S/C11H14N2S/c1-11(6-7-11)13-9-4-2-8(3-5-9)10(12)14/h2-5,13H,6-7H2,1H3,(H2,12,14). The summed E-state index contributed by atoms with van der Waals surface area (Å²) in [4.78, 5) is 0.453. The van der Waals surface area contributed by atoms with Crippen LogP contribution in [0.25, 0.3) is 0 Å². The number of nitrogens with one attached hydrogen (secondary N) is 1. The average Bonchev–Trinajstić information content (AvgIpc) is 2.84. The van der Waals surface area contributed by atoms with Crippen LogP contribution in [0.2, 0.25) is 0 Å². The first-order valence-corrected chi connectivity index (χ1v) is 5.18. The van der Waals surface area contributed by atoms with Crippen LogP contribution in [0, 0.1) is 0 Å².